The molecule has 4 heteroatoms. The second kappa shape index (κ2) is 4.59. The molecule has 2 N–H and O–H groups in total. The van der Waals surface area contributed by atoms with Crippen molar-refractivity contribution in [2.24, 2.45) is 5.73 Å². The van der Waals surface area contributed by atoms with Crippen molar-refractivity contribution in [3.05, 3.63) is 27.7 Å². The van der Waals surface area contributed by atoms with Crippen molar-refractivity contribution in [3.8, 4) is 0 Å². The predicted molar refractivity (Wildman–Crippen MR) is 77.7 cm³/mol. The number of halogens is 2. The van der Waals surface area contributed by atoms with Crippen molar-refractivity contribution >= 4 is 28.9 Å². The van der Waals surface area contributed by atoms with E-state index in [0.29, 0.717) is 18.1 Å². The summed E-state index contributed by atoms with van der Waals surface area (Å²) in [6.07, 6.45) is 4.52. The summed E-state index contributed by atoms with van der Waals surface area (Å²) in [5, 5.41) is 1.56. The average Bonchev–Trinajstić information content (AvgIpc) is 2.58. The van der Waals surface area contributed by atoms with Crippen molar-refractivity contribution in [1.82, 2.24) is 0 Å². The Hall–Kier alpha value is -0.440. The van der Waals surface area contributed by atoms with Gasteiger partial charge >= 0.3 is 0 Å². The first-order valence-corrected chi connectivity index (χ1v) is 7.32. The predicted octanol–water partition coefficient (Wildman–Crippen LogP) is 3.76. The Morgan fingerprint density at radius 2 is 1.78 bits per heavy atom. The number of fused-ring (bicyclic) bond motifs is 2. The summed E-state index contributed by atoms with van der Waals surface area (Å²) in [7, 11) is 0. The summed E-state index contributed by atoms with van der Waals surface area (Å²) < 4.78 is 0. The fraction of sp³-hybridized carbons (Fsp3) is 0.571. The number of benzene rings is 1. The molecule has 0 amide bonds. The Labute approximate surface area is 118 Å². The normalized spacial score (nSPS) is 30.9. The highest BCUT2D eigenvalue weighted by Gasteiger charge is 2.41. The fourth-order valence-corrected chi connectivity index (χ4v) is 4.03. The van der Waals surface area contributed by atoms with E-state index >= 15 is 0 Å². The van der Waals surface area contributed by atoms with E-state index in [9.17, 15) is 0 Å². The molecule has 0 aromatic heterocycles. The number of piperidine rings is 1. The number of hydrogen-bond acceptors (Lipinski definition) is 2. The van der Waals surface area contributed by atoms with Crippen LogP contribution < -0.4 is 10.6 Å². The maximum Gasteiger partial charge on any atom is 0.0752 e. The molecular formula is C14H18Cl2N2. The summed E-state index contributed by atoms with van der Waals surface area (Å²) in [5.41, 5.74) is 8.22. The van der Waals surface area contributed by atoms with Gasteiger partial charge in [0, 0.05) is 18.1 Å². The van der Waals surface area contributed by atoms with Crippen LogP contribution in [0.4, 0.5) is 5.69 Å². The second-order valence-corrected chi connectivity index (χ2v) is 6.34. The van der Waals surface area contributed by atoms with Crippen molar-refractivity contribution in [1.29, 1.82) is 0 Å². The summed E-state index contributed by atoms with van der Waals surface area (Å²) >= 11 is 12.8. The molecule has 1 aromatic carbocycles. The molecular weight excluding hydrogens is 267 g/mol. The SMILES string of the molecule is Cc1ccc(Cl)c(N2C3CCC2CC(N)C3)c1Cl. The summed E-state index contributed by atoms with van der Waals surface area (Å²) in [4.78, 5) is 2.43. The van der Waals surface area contributed by atoms with Crippen LogP contribution in [0.5, 0.6) is 0 Å². The monoisotopic (exact) mass is 284 g/mol. The topological polar surface area (TPSA) is 29.3 Å². The maximum atomic E-state index is 6.47. The third-order valence-electron chi connectivity index (χ3n) is 4.29. The highest BCUT2D eigenvalue weighted by molar-refractivity contribution is 6.39. The zero-order valence-corrected chi connectivity index (χ0v) is 12.0. The highest BCUT2D eigenvalue weighted by Crippen LogP contribution is 2.45. The van der Waals surface area contributed by atoms with Gasteiger partial charge in [-0.1, -0.05) is 29.3 Å². The van der Waals surface area contributed by atoms with Crippen molar-refractivity contribution in [2.45, 2.75) is 50.7 Å². The first-order chi connectivity index (χ1) is 8.58. The molecule has 2 aliphatic heterocycles. The quantitative estimate of drug-likeness (QED) is 0.851. The third kappa shape index (κ3) is 1.91. The molecule has 0 radical (unpaired) electrons. The van der Waals surface area contributed by atoms with Crippen molar-refractivity contribution in [3.63, 3.8) is 0 Å². The molecule has 98 valence electrons. The second-order valence-electron chi connectivity index (χ2n) is 5.55. The van der Waals surface area contributed by atoms with E-state index in [1.54, 1.807) is 0 Å². The Morgan fingerprint density at radius 1 is 1.17 bits per heavy atom. The summed E-state index contributed by atoms with van der Waals surface area (Å²) in [6, 6.07) is 5.28. The van der Waals surface area contributed by atoms with Gasteiger partial charge in [-0.25, -0.2) is 0 Å². The van der Waals surface area contributed by atoms with Crippen LogP contribution in [0.1, 0.15) is 31.2 Å². The fourth-order valence-electron chi connectivity index (χ4n) is 3.46. The zero-order chi connectivity index (χ0) is 12.9. The minimum atomic E-state index is 0.334. The molecule has 18 heavy (non-hydrogen) atoms. The molecule has 3 rings (SSSR count). The smallest absolute Gasteiger partial charge is 0.0752 e. The first kappa shape index (κ1) is 12.6. The van der Waals surface area contributed by atoms with E-state index in [1.165, 1.54) is 12.8 Å². The van der Waals surface area contributed by atoms with E-state index in [2.05, 4.69) is 4.90 Å². The molecule has 2 heterocycles. The van der Waals surface area contributed by atoms with Crippen molar-refractivity contribution in [2.75, 3.05) is 4.90 Å². The minimum Gasteiger partial charge on any atom is -0.363 e. The van der Waals surface area contributed by atoms with Crippen molar-refractivity contribution < 1.29 is 0 Å². The first-order valence-electron chi connectivity index (χ1n) is 6.56. The highest BCUT2D eigenvalue weighted by atomic mass is 35.5. The number of nitrogens with zero attached hydrogens (tertiary/aromatic N) is 1. The molecule has 2 bridgehead atoms. The molecule has 1 aromatic rings. The number of aryl methyl sites for hydroxylation is 1. The van der Waals surface area contributed by atoms with E-state index in [1.807, 2.05) is 19.1 Å². The van der Waals surface area contributed by atoms with Crippen LogP contribution >= 0.6 is 23.2 Å². The van der Waals surface area contributed by atoms with Crippen LogP contribution in [0.15, 0.2) is 12.1 Å². The van der Waals surface area contributed by atoms with Gasteiger partial charge < -0.3 is 10.6 Å². The lowest BCUT2D eigenvalue weighted by atomic mass is 9.97. The van der Waals surface area contributed by atoms with Gasteiger partial charge in [0.2, 0.25) is 0 Å². The number of rotatable bonds is 1. The molecule has 2 fully saturated rings. The van der Waals surface area contributed by atoms with Gasteiger partial charge in [0.1, 0.15) is 0 Å². The standard InChI is InChI=1S/C14H18Cl2N2/c1-8-2-5-12(15)14(13(8)16)18-10-3-4-11(18)7-9(17)6-10/h2,5,9-11H,3-4,6-7,17H2,1H3. The Morgan fingerprint density at radius 3 is 2.39 bits per heavy atom. The van der Waals surface area contributed by atoms with Crippen LogP contribution in [0.25, 0.3) is 0 Å². The van der Waals surface area contributed by atoms with Crippen LogP contribution in [0.3, 0.4) is 0 Å². The summed E-state index contributed by atoms with van der Waals surface area (Å²) in [6.45, 7) is 2.03. The lowest BCUT2D eigenvalue weighted by Crippen LogP contribution is -2.47. The van der Waals surface area contributed by atoms with E-state index < -0.39 is 0 Å². The molecule has 2 nitrogen and oxygen atoms in total. The molecule has 2 aliphatic rings. The van der Waals surface area contributed by atoms with Gasteiger partial charge in [-0.05, 0) is 44.2 Å². The minimum absolute atomic E-state index is 0.334. The lowest BCUT2D eigenvalue weighted by molar-refractivity contribution is 0.414. The largest absolute Gasteiger partial charge is 0.363 e. The van der Waals surface area contributed by atoms with Gasteiger partial charge in [0.15, 0.2) is 0 Å². The summed E-state index contributed by atoms with van der Waals surface area (Å²) in [5.74, 6) is 0. The molecule has 0 saturated carbocycles. The van der Waals surface area contributed by atoms with Gasteiger partial charge in [-0.2, -0.15) is 0 Å². The van der Waals surface area contributed by atoms with E-state index in [-0.39, 0.29) is 0 Å². The lowest BCUT2D eigenvalue weighted by Gasteiger charge is -2.40. The van der Waals surface area contributed by atoms with Gasteiger partial charge in [-0.15, -0.1) is 0 Å². The van der Waals surface area contributed by atoms with Crippen LogP contribution in [-0.2, 0) is 0 Å². The number of hydrogen-bond donors (Lipinski definition) is 1. The maximum absolute atomic E-state index is 6.47. The Balaban J connectivity index is 2.04. The number of nitrogens with two attached hydrogens (primary N) is 1. The van der Waals surface area contributed by atoms with Gasteiger partial charge in [0.25, 0.3) is 0 Å². The van der Waals surface area contributed by atoms with Crippen LogP contribution in [0, 0.1) is 6.92 Å². The third-order valence-corrected chi connectivity index (χ3v) is 5.07. The van der Waals surface area contributed by atoms with Crippen LogP contribution in [-0.4, -0.2) is 18.1 Å². The zero-order valence-electron chi connectivity index (χ0n) is 10.5. The Bertz CT molecular complexity index is 461. The van der Waals surface area contributed by atoms with E-state index in [4.69, 9.17) is 28.9 Å². The Kier molecular flexibility index (Phi) is 3.21. The molecule has 0 spiro atoms. The molecule has 2 atom stereocenters. The number of anilines is 1. The molecule has 0 aliphatic carbocycles. The van der Waals surface area contributed by atoms with Gasteiger partial charge in [-0.3, -0.25) is 0 Å². The molecule has 2 unspecified atom stereocenters. The molecule has 2 saturated heterocycles. The van der Waals surface area contributed by atoms with Crippen LogP contribution in [0.2, 0.25) is 10.0 Å². The van der Waals surface area contributed by atoms with E-state index in [0.717, 1.165) is 34.1 Å². The van der Waals surface area contributed by atoms with Gasteiger partial charge in [0.05, 0.1) is 15.7 Å². The average molecular weight is 285 g/mol.